The van der Waals surface area contributed by atoms with E-state index in [0.29, 0.717) is 32.0 Å². The lowest BCUT2D eigenvalue weighted by atomic mass is 9.80. The molecule has 0 aliphatic carbocycles. The molecular formula is C20H28N4O2. The van der Waals surface area contributed by atoms with Crippen molar-refractivity contribution in [1.82, 2.24) is 15.2 Å². The van der Waals surface area contributed by atoms with Gasteiger partial charge in [0.15, 0.2) is 0 Å². The predicted molar refractivity (Wildman–Crippen MR) is 97.9 cm³/mol. The van der Waals surface area contributed by atoms with E-state index in [0.717, 1.165) is 32.5 Å². The second-order valence-corrected chi connectivity index (χ2v) is 7.49. The van der Waals surface area contributed by atoms with Crippen LogP contribution >= 0.6 is 0 Å². The van der Waals surface area contributed by atoms with Gasteiger partial charge in [-0.15, -0.1) is 0 Å². The summed E-state index contributed by atoms with van der Waals surface area (Å²) in [5, 5.41) is 12.8. The molecule has 0 aromatic carbocycles. The van der Waals surface area contributed by atoms with Crippen LogP contribution in [0.3, 0.4) is 0 Å². The van der Waals surface area contributed by atoms with E-state index < -0.39 is 5.41 Å². The Morgan fingerprint density at radius 2 is 2.27 bits per heavy atom. The maximum atomic E-state index is 12.9. The first kappa shape index (κ1) is 18.8. The molecule has 6 nitrogen and oxygen atoms in total. The fourth-order valence-electron chi connectivity index (χ4n) is 4.08. The predicted octanol–water partition coefficient (Wildman–Crippen LogP) is 2.12. The largest absolute Gasteiger partial charge is 0.381 e. The average molecular weight is 356 g/mol. The summed E-state index contributed by atoms with van der Waals surface area (Å²) < 4.78 is 5.34. The lowest BCUT2D eigenvalue weighted by Gasteiger charge is -2.31. The number of ether oxygens (including phenoxy) is 1. The smallest absolute Gasteiger partial charge is 0.240 e. The third-order valence-electron chi connectivity index (χ3n) is 5.62. The van der Waals surface area contributed by atoms with Gasteiger partial charge in [0.25, 0.3) is 0 Å². The van der Waals surface area contributed by atoms with Crippen LogP contribution in [0.1, 0.15) is 38.2 Å². The van der Waals surface area contributed by atoms with Crippen molar-refractivity contribution < 1.29 is 9.53 Å². The quantitative estimate of drug-likeness (QED) is 0.845. The Labute approximate surface area is 155 Å². The molecule has 2 saturated heterocycles. The minimum atomic E-state index is -0.925. The molecule has 1 aromatic rings. The number of amides is 1. The van der Waals surface area contributed by atoms with E-state index in [2.05, 4.69) is 34.3 Å². The van der Waals surface area contributed by atoms with Crippen molar-refractivity contribution >= 4 is 5.91 Å². The maximum absolute atomic E-state index is 12.9. The number of likely N-dealkylation sites (tertiary alicyclic amines) is 1. The monoisotopic (exact) mass is 356 g/mol. The number of nitriles is 1. The molecule has 0 saturated carbocycles. The van der Waals surface area contributed by atoms with Gasteiger partial charge in [-0.05, 0) is 36.8 Å². The molecule has 2 fully saturated rings. The molecule has 26 heavy (non-hydrogen) atoms. The first-order valence-corrected chi connectivity index (χ1v) is 9.58. The topological polar surface area (TPSA) is 78.3 Å². The summed E-state index contributed by atoms with van der Waals surface area (Å²) in [7, 11) is 0. The van der Waals surface area contributed by atoms with Crippen molar-refractivity contribution in [3.8, 4) is 6.07 Å². The van der Waals surface area contributed by atoms with Crippen LogP contribution < -0.4 is 5.32 Å². The Balaban J connectivity index is 1.65. The third kappa shape index (κ3) is 4.22. The van der Waals surface area contributed by atoms with Crippen LogP contribution in [-0.2, 0) is 16.1 Å². The Kier molecular flexibility index (Phi) is 6.23. The first-order valence-electron chi connectivity index (χ1n) is 9.58. The molecule has 1 aromatic heterocycles. The van der Waals surface area contributed by atoms with Gasteiger partial charge in [-0.25, -0.2) is 0 Å². The van der Waals surface area contributed by atoms with E-state index >= 15 is 0 Å². The zero-order chi connectivity index (χ0) is 18.4. The molecule has 1 amide bonds. The highest BCUT2D eigenvalue weighted by atomic mass is 16.5. The molecule has 3 heterocycles. The number of nitrogens with one attached hydrogen (secondary N) is 1. The SMILES string of the molecule is CCC[C@H]1CN(Cc2cccnc2)C[C@@H]1NC(=O)C1(C#N)CCOCC1. The Morgan fingerprint density at radius 3 is 2.92 bits per heavy atom. The van der Waals surface area contributed by atoms with Crippen molar-refractivity contribution in [2.75, 3.05) is 26.3 Å². The zero-order valence-electron chi connectivity index (χ0n) is 15.5. The van der Waals surface area contributed by atoms with E-state index in [4.69, 9.17) is 4.74 Å². The summed E-state index contributed by atoms with van der Waals surface area (Å²) in [5.74, 6) is 0.314. The second-order valence-electron chi connectivity index (χ2n) is 7.49. The van der Waals surface area contributed by atoms with Gasteiger partial charge in [0.2, 0.25) is 5.91 Å². The lowest BCUT2D eigenvalue weighted by molar-refractivity contribution is -0.133. The molecule has 2 aliphatic heterocycles. The summed E-state index contributed by atoms with van der Waals surface area (Å²) in [6, 6.07) is 6.42. The van der Waals surface area contributed by atoms with Gasteiger partial charge in [0.1, 0.15) is 5.41 Å². The minimum Gasteiger partial charge on any atom is -0.381 e. The number of hydrogen-bond acceptors (Lipinski definition) is 5. The Morgan fingerprint density at radius 1 is 1.46 bits per heavy atom. The molecule has 0 radical (unpaired) electrons. The van der Waals surface area contributed by atoms with Crippen LogP contribution in [0.5, 0.6) is 0 Å². The number of aromatic nitrogens is 1. The molecular weight excluding hydrogens is 328 g/mol. The van der Waals surface area contributed by atoms with Crippen LogP contribution in [0.4, 0.5) is 0 Å². The van der Waals surface area contributed by atoms with Crippen LogP contribution in [-0.4, -0.2) is 48.1 Å². The van der Waals surface area contributed by atoms with Crippen LogP contribution in [0, 0.1) is 22.7 Å². The highest BCUT2D eigenvalue weighted by Crippen LogP contribution is 2.31. The maximum Gasteiger partial charge on any atom is 0.240 e. The summed E-state index contributed by atoms with van der Waals surface area (Å²) in [5.41, 5.74) is 0.263. The third-order valence-corrected chi connectivity index (χ3v) is 5.62. The number of nitrogens with zero attached hydrogens (tertiary/aromatic N) is 3. The summed E-state index contributed by atoms with van der Waals surface area (Å²) >= 11 is 0. The number of pyridine rings is 1. The zero-order valence-corrected chi connectivity index (χ0v) is 15.5. The Hall–Kier alpha value is -1.97. The molecule has 0 spiro atoms. The van der Waals surface area contributed by atoms with Crippen LogP contribution in [0.25, 0.3) is 0 Å². The average Bonchev–Trinajstić information content (AvgIpc) is 3.04. The van der Waals surface area contributed by atoms with Crippen molar-refractivity contribution in [3.63, 3.8) is 0 Å². The highest BCUT2D eigenvalue weighted by molar-refractivity contribution is 5.85. The van der Waals surface area contributed by atoms with Gasteiger partial charge in [-0.1, -0.05) is 19.4 Å². The van der Waals surface area contributed by atoms with Gasteiger partial charge in [-0.3, -0.25) is 14.7 Å². The second kappa shape index (κ2) is 8.61. The van der Waals surface area contributed by atoms with Gasteiger partial charge >= 0.3 is 0 Å². The summed E-state index contributed by atoms with van der Waals surface area (Å²) in [6.45, 7) is 5.78. The van der Waals surface area contributed by atoms with Crippen LogP contribution in [0.15, 0.2) is 24.5 Å². The van der Waals surface area contributed by atoms with Crippen molar-refractivity contribution in [3.05, 3.63) is 30.1 Å². The minimum absolute atomic E-state index is 0.104. The number of carbonyl (C=O) groups excluding carboxylic acids is 1. The van der Waals surface area contributed by atoms with E-state index in [1.807, 2.05) is 12.3 Å². The van der Waals surface area contributed by atoms with Crippen LogP contribution in [0.2, 0.25) is 0 Å². The number of hydrogen-bond donors (Lipinski definition) is 1. The summed E-state index contributed by atoms with van der Waals surface area (Å²) in [6.07, 6.45) is 6.82. The van der Waals surface area contributed by atoms with E-state index in [-0.39, 0.29) is 11.9 Å². The van der Waals surface area contributed by atoms with E-state index in [1.54, 1.807) is 6.20 Å². The highest BCUT2D eigenvalue weighted by Gasteiger charge is 2.43. The molecule has 140 valence electrons. The number of carbonyl (C=O) groups is 1. The molecule has 2 aliphatic rings. The molecule has 3 rings (SSSR count). The molecule has 6 heteroatoms. The summed E-state index contributed by atoms with van der Waals surface area (Å²) in [4.78, 5) is 19.5. The van der Waals surface area contributed by atoms with Crippen molar-refractivity contribution in [2.45, 2.75) is 45.2 Å². The molecule has 0 bridgehead atoms. The van der Waals surface area contributed by atoms with Crippen molar-refractivity contribution in [1.29, 1.82) is 5.26 Å². The number of rotatable bonds is 6. The van der Waals surface area contributed by atoms with Gasteiger partial charge < -0.3 is 10.1 Å². The van der Waals surface area contributed by atoms with Gasteiger partial charge in [-0.2, -0.15) is 5.26 Å². The molecule has 2 atom stereocenters. The standard InChI is InChI=1S/C20H28N4O2/c1-2-4-17-13-24(12-16-5-3-8-22-11-16)14-18(17)23-19(25)20(15-21)6-9-26-10-7-20/h3,5,8,11,17-18H,2,4,6-7,9-10,12-14H2,1H3,(H,23,25)/t17-,18-/m0/s1. The molecule has 0 unspecified atom stereocenters. The van der Waals surface area contributed by atoms with Gasteiger partial charge in [0.05, 0.1) is 6.07 Å². The Bertz CT molecular complexity index is 637. The normalized spacial score (nSPS) is 25.5. The molecule has 1 N–H and O–H groups in total. The van der Waals surface area contributed by atoms with Gasteiger partial charge in [0, 0.05) is 51.3 Å². The fraction of sp³-hybridized carbons (Fsp3) is 0.650. The first-order chi connectivity index (χ1) is 12.7. The van der Waals surface area contributed by atoms with E-state index in [1.165, 1.54) is 5.56 Å². The fourth-order valence-corrected chi connectivity index (χ4v) is 4.08. The van der Waals surface area contributed by atoms with Crippen molar-refractivity contribution in [2.24, 2.45) is 11.3 Å². The van der Waals surface area contributed by atoms with E-state index in [9.17, 15) is 10.1 Å². The lowest BCUT2D eigenvalue weighted by Crippen LogP contribution is -2.50.